The first-order valence-corrected chi connectivity index (χ1v) is 11.7. The predicted molar refractivity (Wildman–Crippen MR) is 116 cm³/mol. The molecule has 0 saturated heterocycles. The molecule has 0 radical (unpaired) electrons. The highest BCUT2D eigenvalue weighted by molar-refractivity contribution is 7.99. The topological polar surface area (TPSA) is 88.1 Å². The van der Waals surface area contributed by atoms with Crippen molar-refractivity contribution in [2.75, 3.05) is 24.9 Å². The van der Waals surface area contributed by atoms with Crippen LogP contribution < -0.4 is 10.5 Å². The number of fused-ring (bicyclic) bond motifs is 1. The summed E-state index contributed by atoms with van der Waals surface area (Å²) in [5.41, 5.74) is 7.04. The zero-order valence-corrected chi connectivity index (χ0v) is 18.8. The molecule has 2 N–H and O–H groups in total. The average Bonchev–Trinajstić information content (AvgIpc) is 3.06. The van der Waals surface area contributed by atoms with Gasteiger partial charge in [-0.05, 0) is 32.0 Å². The number of rotatable bonds is 10. The summed E-state index contributed by atoms with van der Waals surface area (Å²) < 4.78 is 49.3. The number of benzene rings is 1. The van der Waals surface area contributed by atoms with Crippen molar-refractivity contribution in [3.05, 3.63) is 30.6 Å². The minimum Gasteiger partial charge on any atom is -0.491 e. The van der Waals surface area contributed by atoms with Gasteiger partial charge in [0, 0.05) is 11.4 Å². The Bertz CT molecular complexity index is 1020. The molecule has 1 unspecified atom stereocenters. The molecule has 3 rings (SSSR count). The number of nitrogens with two attached hydrogens (primary N) is 1. The molecule has 7 nitrogen and oxygen atoms in total. The van der Waals surface area contributed by atoms with E-state index in [2.05, 4.69) is 15.0 Å². The van der Waals surface area contributed by atoms with Crippen LogP contribution in [0.25, 0.3) is 11.2 Å². The Balaban J connectivity index is 1.67. The molecule has 0 spiro atoms. The Morgan fingerprint density at radius 3 is 2.81 bits per heavy atom. The predicted octanol–water partition coefficient (Wildman–Crippen LogP) is 4.56. The van der Waals surface area contributed by atoms with Crippen molar-refractivity contribution in [1.82, 2.24) is 19.5 Å². The lowest BCUT2D eigenvalue weighted by atomic mass is 10.3. The second-order valence-electron chi connectivity index (χ2n) is 6.84. The van der Waals surface area contributed by atoms with Crippen LogP contribution in [0.4, 0.5) is 19.1 Å². The van der Waals surface area contributed by atoms with E-state index in [0.29, 0.717) is 22.7 Å². The van der Waals surface area contributed by atoms with E-state index in [1.165, 1.54) is 11.8 Å². The first kappa shape index (κ1) is 23.6. The summed E-state index contributed by atoms with van der Waals surface area (Å²) in [5, 5.41) is 0.607. The fraction of sp³-hybridized carbons (Fsp3) is 0.421. The zero-order chi connectivity index (χ0) is 22.4. The van der Waals surface area contributed by atoms with Gasteiger partial charge >= 0.3 is 6.18 Å². The van der Waals surface area contributed by atoms with Gasteiger partial charge in [0.2, 0.25) is 5.95 Å². The van der Waals surface area contributed by atoms with Crippen LogP contribution >= 0.6 is 20.3 Å². The summed E-state index contributed by atoms with van der Waals surface area (Å²) in [5.74, 6) is 0.867. The molecule has 31 heavy (non-hydrogen) atoms. The summed E-state index contributed by atoms with van der Waals surface area (Å²) >= 11 is 1.40. The first-order valence-electron chi connectivity index (χ1n) is 9.49. The van der Waals surface area contributed by atoms with E-state index < -0.39 is 12.3 Å². The highest BCUT2D eigenvalue weighted by atomic mass is 32.2. The number of anilines is 1. The summed E-state index contributed by atoms with van der Waals surface area (Å²) in [4.78, 5) is 13.9. The van der Waals surface area contributed by atoms with Gasteiger partial charge in [-0.3, -0.25) is 0 Å². The number of halogens is 3. The molecule has 0 aliphatic carbocycles. The van der Waals surface area contributed by atoms with Gasteiger partial charge in [-0.25, -0.2) is 9.97 Å². The van der Waals surface area contributed by atoms with E-state index in [-0.39, 0.29) is 33.6 Å². The molecule has 0 bridgehead atoms. The molecule has 1 aromatic carbocycles. The molecule has 0 aliphatic heterocycles. The summed E-state index contributed by atoms with van der Waals surface area (Å²) in [7, 11) is -0.315. The lowest BCUT2D eigenvalue weighted by Gasteiger charge is -2.11. The molecule has 3 aromatic rings. The maximum Gasteiger partial charge on any atom is 0.392 e. The van der Waals surface area contributed by atoms with Crippen LogP contribution in [0.5, 0.6) is 5.75 Å². The maximum absolute atomic E-state index is 12.2. The number of nitrogens with zero attached hydrogens (tertiary/aromatic N) is 4. The lowest BCUT2D eigenvalue weighted by Crippen LogP contribution is -2.11. The Morgan fingerprint density at radius 2 is 2.06 bits per heavy atom. The van der Waals surface area contributed by atoms with Gasteiger partial charge in [0.05, 0.1) is 31.5 Å². The number of ether oxygens (including phenoxy) is 2. The minimum absolute atomic E-state index is 0.0635. The van der Waals surface area contributed by atoms with Crippen molar-refractivity contribution >= 4 is 37.5 Å². The van der Waals surface area contributed by atoms with Crippen LogP contribution in [-0.4, -0.2) is 50.9 Å². The quantitative estimate of drug-likeness (QED) is 0.262. The second kappa shape index (κ2) is 10.5. The normalized spacial score (nSPS) is 12.5. The van der Waals surface area contributed by atoms with E-state index in [4.69, 9.17) is 15.2 Å². The van der Waals surface area contributed by atoms with Crippen molar-refractivity contribution in [1.29, 1.82) is 0 Å². The molecule has 1 atom stereocenters. The third kappa shape index (κ3) is 7.22. The van der Waals surface area contributed by atoms with E-state index in [9.17, 15) is 13.2 Å². The number of nitrogen functional groups attached to an aromatic ring is 1. The molecule has 168 valence electrons. The van der Waals surface area contributed by atoms with Gasteiger partial charge in [0.1, 0.15) is 16.3 Å². The molecule has 2 heterocycles. The van der Waals surface area contributed by atoms with Crippen LogP contribution in [0.15, 0.2) is 40.5 Å². The monoisotopic (exact) mass is 473 g/mol. The second-order valence-corrected chi connectivity index (χ2v) is 9.04. The average molecular weight is 473 g/mol. The van der Waals surface area contributed by atoms with Crippen LogP contribution in [0.1, 0.15) is 13.8 Å². The van der Waals surface area contributed by atoms with E-state index in [0.717, 1.165) is 10.6 Å². The fourth-order valence-corrected chi connectivity index (χ4v) is 4.26. The summed E-state index contributed by atoms with van der Waals surface area (Å²) in [6, 6.07) is 7.64. The van der Waals surface area contributed by atoms with Gasteiger partial charge in [-0.15, -0.1) is 0 Å². The van der Waals surface area contributed by atoms with Crippen molar-refractivity contribution < 1.29 is 22.6 Å². The minimum atomic E-state index is -4.15. The Hall–Kier alpha value is -2.10. The molecular weight excluding hydrogens is 450 g/mol. The van der Waals surface area contributed by atoms with Crippen molar-refractivity contribution in [3.8, 4) is 5.75 Å². The number of imidazole rings is 1. The number of aromatic nitrogens is 4. The van der Waals surface area contributed by atoms with Crippen LogP contribution in [-0.2, 0) is 11.3 Å². The van der Waals surface area contributed by atoms with E-state index in [1.54, 1.807) is 10.9 Å². The Morgan fingerprint density at radius 1 is 1.26 bits per heavy atom. The third-order valence-corrected chi connectivity index (χ3v) is 5.87. The first-order chi connectivity index (χ1) is 14.7. The van der Waals surface area contributed by atoms with Crippen molar-refractivity contribution in [3.63, 3.8) is 0 Å². The van der Waals surface area contributed by atoms with Gasteiger partial charge in [0.25, 0.3) is 0 Å². The summed E-state index contributed by atoms with van der Waals surface area (Å²) in [6.07, 6.45) is -3.24. The Kier molecular flexibility index (Phi) is 7.96. The van der Waals surface area contributed by atoms with Crippen molar-refractivity contribution in [2.45, 2.75) is 42.6 Å². The molecule has 0 aliphatic rings. The zero-order valence-electron chi connectivity index (χ0n) is 17.0. The molecule has 0 saturated carbocycles. The number of alkyl halides is 3. The van der Waals surface area contributed by atoms with Gasteiger partial charge in [0.15, 0.2) is 5.65 Å². The van der Waals surface area contributed by atoms with Gasteiger partial charge in [-0.1, -0.05) is 26.4 Å². The third-order valence-electron chi connectivity index (χ3n) is 3.85. The van der Waals surface area contributed by atoms with Crippen LogP contribution in [0.2, 0.25) is 0 Å². The highest BCUT2D eigenvalue weighted by Gasteiger charge is 2.26. The fourth-order valence-electron chi connectivity index (χ4n) is 2.66. The molecule has 0 fully saturated rings. The summed E-state index contributed by atoms with van der Waals surface area (Å²) in [6.45, 7) is 4.56. The number of hydrogen-bond donors (Lipinski definition) is 1. The van der Waals surface area contributed by atoms with Gasteiger partial charge in [-0.2, -0.15) is 18.2 Å². The maximum atomic E-state index is 12.2. The number of hydrogen-bond acceptors (Lipinski definition) is 7. The molecule has 2 aromatic heterocycles. The smallest absolute Gasteiger partial charge is 0.392 e. The molecule has 0 amide bonds. The van der Waals surface area contributed by atoms with Crippen LogP contribution in [0, 0.1) is 0 Å². The molecular formula is C19H23F3N5O2PS. The van der Waals surface area contributed by atoms with Crippen LogP contribution in [0.3, 0.4) is 0 Å². The SMILES string of the molecule is CC(C)Oc1cccc(Sc2nc(N)nc3c2ncn3CCOCPCC(F)(F)F)c1. The van der Waals surface area contributed by atoms with E-state index >= 15 is 0 Å². The largest absolute Gasteiger partial charge is 0.491 e. The standard InChI is InChI=1S/C19H23F3N5O2PS/c1-12(2)29-13-4-3-5-14(8-13)31-17-15-16(25-18(23)26-17)27(10-24-15)6-7-28-11-30-9-19(20,21)22/h3-5,8,10,12,30H,6-7,9,11H2,1-2H3,(H2,23,25,26). The highest BCUT2D eigenvalue weighted by Crippen LogP contribution is 2.33. The van der Waals surface area contributed by atoms with E-state index in [1.807, 2.05) is 38.1 Å². The van der Waals surface area contributed by atoms with Crippen molar-refractivity contribution in [2.24, 2.45) is 0 Å². The lowest BCUT2D eigenvalue weighted by molar-refractivity contribution is -0.106. The molecule has 12 heteroatoms. The Labute approximate surface area is 183 Å². The van der Waals surface area contributed by atoms with Gasteiger partial charge < -0.3 is 19.8 Å².